The van der Waals surface area contributed by atoms with Crippen molar-refractivity contribution in [2.75, 3.05) is 73.2 Å². The quantitative estimate of drug-likeness (QED) is 0.382. The number of morpholine rings is 1. The lowest BCUT2D eigenvalue weighted by Gasteiger charge is -2.43. The van der Waals surface area contributed by atoms with Crippen LogP contribution in [-0.2, 0) is 28.2 Å². The molecule has 14 heteroatoms. The first-order valence-corrected chi connectivity index (χ1v) is 13.8. The fraction of sp³-hybridized carbons (Fsp3) is 0.552. The molecule has 43 heavy (non-hydrogen) atoms. The average molecular weight is 622 g/mol. The lowest BCUT2D eigenvalue weighted by Crippen LogP contribution is -2.57. The first-order chi connectivity index (χ1) is 20.3. The summed E-state index contributed by atoms with van der Waals surface area (Å²) in [5.74, 6) is -1.55. The van der Waals surface area contributed by atoms with Crippen molar-refractivity contribution < 1.29 is 49.7 Å². The Morgan fingerprint density at radius 1 is 0.907 bits per heavy atom. The van der Waals surface area contributed by atoms with Gasteiger partial charge in [0, 0.05) is 64.5 Å². The van der Waals surface area contributed by atoms with Crippen LogP contribution in [0.2, 0.25) is 0 Å². The third-order valence-electron chi connectivity index (χ3n) is 7.66. The number of halogens is 7. The Morgan fingerprint density at radius 3 is 2.16 bits per heavy atom. The molecule has 4 rings (SSSR count). The highest BCUT2D eigenvalue weighted by Gasteiger charge is 2.39. The number of methoxy groups -OCH3 is 2. The largest absolute Gasteiger partial charge is 0.494 e. The predicted octanol–water partition coefficient (Wildman–Crippen LogP) is 4.59. The molecule has 2 aromatic carbocycles. The Morgan fingerprint density at radius 2 is 1.56 bits per heavy atom. The molecule has 2 aliphatic rings. The SMILES string of the molecule is COC[C@H]1CN(CCN2CCN(C(=O)c3cc(C(F)(F)F)cc(C(F)(F)F)c3)[C@H](Cc3ccc(F)c(OC)c3)C2)CCO1. The molecule has 7 nitrogen and oxygen atoms in total. The molecule has 0 saturated carbocycles. The second kappa shape index (κ2) is 13.8. The number of alkyl halides is 6. The molecule has 2 saturated heterocycles. The predicted molar refractivity (Wildman–Crippen MR) is 142 cm³/mol. The normalized spacial score (nSPS) is 20.8. The number of piperazine rings is 1. The van der Waals surface area contributed by atoms with E-state index in [1.807, 2.05) is 0 Å². The summed E-state index contributed by atoms with van der Waals surface area (Å²) < 4.78 is 111. The monoisotopic (exact) mass is 621 g/mol. The van der Waals surface area contributed by atoms with Crippen molar-refractivity contribution in [3.8, 4) is 5.75 Å². The molecular formula is C29H34F7N3O4. The Bertz CT molecular complexity index is 1220. The van der Waals surface area contributed by atoms with E-state index in [1.54, 1.807) is 7.11 Å². The van der Waals surface area contributed by atoms with Crippen molar-refractivity contribution in [1.82, 2.24) is 14.7 Å². The minimum atomic E-state index is -5.08. The number of nitrogens with zero attached hydrogens (tertiary/aromatic N) is 3. The van der Waals surface area contributed by atoms with Crippen molar-refractivity contribution in [3.05, 3.63) is 64.5 Å². The van der Waals surface area contributed by atoms with E-state index >= 15 is 0 Å². The molecule has 0 aliphatic carbocycles. The molecule has 0 unspecified atom stereocenters. The van der Waals surface area contributed by atoms with Crippen molar-refractivity contribution >= 4 is 5.91 Å². The van der Waals surface area contributed by atoms with Gasteiger partial charge in [0.05, 0.1) is 37.6 Å². The van der Waals surface area contributed by atoms with Gasteiger partial charge in [-0.1, -0.05) is 6.07 Å². The summed E-state index contributed by atoms with van der Waals surface area (Å²) in [5, 5.41) is 0. The summed E-state index contributed by atoms with van der Waals surface area (Å²) in [6.45, 7) is 4.50. The number of rotatable bonds is 9. The van der Waals surface area contributed by atoms with Gasteiger partial charge in [-0.05, 0) is 42.3 Å². The van der Waals surface area contributed by atoms with Crippen LogP contribution >= 0.6 is 0 Å². The summed E-state index contributed by atoms with van der Waals surface area (Å²) in [6, 6.07) is 4.47. The number of hydrogen-bond donors (Lipinski definition) is 0. The Labute approximate surface area is 245 Å². The zero-order chi connectivity index (χ0) is 31.4. The Hall–Kier alpha value is -2.94. The molecule has 0 spiro atoms. The van der Waals surface area contributed by atoms with Crippen LogP contribution in [0.4, 0.5) is 30.7 Å². The van der Waals surface area contributed by atoms with Crippen molar-refractivity contribution in [1.29, 1.82) is 0 Å². The van der Waals surface area contributed by atoms with Gasteiger partial charge in [-0.25, -0.2) is 4.39 Å². The fourth-order valence-electron chi connectivity index (χ4n) is 5.47. The molecule has 2 fully saturated rings. The highest BCUT2D eigenvalue weighted by atomic mass is 19.4. The van der Waals surface area contributed by atoms with Gasteiger partial charge in [0.1, 0.15) is 0 Å². The fourth-order valence-corrected chi connectivity index (χ4v) is 5.47. The summed E-state index contributed by atoms with van der Waals surface area (Å²) >= 11 is 0. The smallest absolute Gasteiger partial charge is 0.416 e. The van der Waals surface area contributed by atoms with E-state index in [4.69, 9.17) is 14.2 Å². The van der Waals surface area contributed by atoms with Gasteiger partial charge in [-0.3, -0.25) is 14.6 Å². The molecule has 2 aliphatic heterocycles. The average Bonchev–Trinajstić information content (AvgIpc) is 2.96. The lowest BCUT2D eigenvalue weighted by atomic mass is 9.99. The molecule has 0 N–H and O–H groups in total. The third kappa shape index (κ3) is 8.58. The number of amides is 1. The minimum absolute atomic E-state index is 0.000179. The first kappa shape index (κ1) is 33.0. The second-order valence-corrected chi connectivity index (χ2v) is 10.7. The van der Waals surface area contributed by atoms with Crippen LogP contribution in [0.5, 0.6) is 5.75 Å². The highest BCUT2D eigenvalue weighted by Crippen LogP contribution is 2.37. The second-order valence-electron chi connectivity index (χ2n) is 10.7. The zero-order valence-electron chi connectivity index (χ0n) is 23.8. The van der Waals surface area contributed by atoms with Gasteiger partial charge in [0.2, 0.25) is 0 Å². The molecule has 2 heterocycles. The maximum Gasteiger partial charge on any atom is 0.416 e. The van der Waals surface area contributed by atoms with Gasteiger partial charge in [-0.15, -0.1) is 0 Å². The number of ether oxygens (including phenoxy) is 3. The topological polar surface area (TPSA) is 54.5 Å². The van der Waals surface area contributed by atoms with Crippen molar-refractivity contribution in [2.45, 2.75) is 30.9 Å². The van der Waals surface area contributed by atoms with Crippen LogP contribution in [-0.4, -0.2) is 106 Å². The standard InChI is InChI=1S/C29H34F7N3O4/c1-41-18-24-17-38(9-10-43-24)6-5-37-7-8-39(23(16-37)11-19-3-4-25(30)26(12-19)42-2)27(40)20-13-21(28(31,32)33)15-22(14-20)29(34,35)36/h3-4,12-15,23-24H,5-11,16-18H2,1-2H3/t23-,24-/m1/s1. The number of benzene rings is 2. The summed E-state index contributed by atoms with van der Waals surface area (Å²) in [4.78, 5) is 19.2. The third-order valence-corrected chi connectivity index (χ3v) is 7.66. The number of carbonyl (C=O) groups excluding carboxylic acids is 1. The molecule has 0 bridgehead atoms. The van der Waals surface area contributed by atoms with Gasteiger partial charge in [0.15, 0.2) is 11.6 Å². The van der Waals surface area contributed by atoms with Gasteiger partial charge < -0.3 is 19.1 Å². The van der Waals surface area contributed by atoms with Crippen LogP contribution < -0.4 is 4.74 Å². The van der Waals surface area contributed by atoms with Crippen molar-refractivity contribution in [2.24, 2.45) is 0 Å². The van der Waals surface area contributed by atoms with Crippen LogP contribution in [0, 0.1) is 5.82 Å². The molecule has 238 valence electrons. The van der Waals surface area contributed by atoms with Crippen LogP contribution in [0.25, 0.3) is 0 Å². The van der Waals surface area contributed by atoms with E-state index in [0.29, 0.717) is 63.6 Å². The van der Waals surface area contributed by atoms with E-state index in [2.05, 4.69) is 9.80 Å². The maximum atomic E-state index is 14.1. The van der Waals surface area contributed by atoms with Crippen LogP contribution in [0.15, 0.2) is 36.4 Å². The van der Waals surface area contributed by atoms with Gasteiger partial charge in [-0.2, -0.15) is 26.3 Å². The first-order valence-electron chi connectivity index (χ1n) is 13.8. The van der Waals surface area contributed by atoms with Crippen LogP contribution in [0.1, 0.15) is 27.0 Å². The van der Waals surface area contributed by atoms with Gasteiger partial charge >= 0.3 is 12.4 Å². The Balaban J connectivity index is 1.57. The zero-order valence-corrected chi connectivity index (χ0v) is 23.8. The lowest BCUT2D eigenvalue weighted by molar-refractivity contribution is -0.143. The molecule has 1 amide bonds. The van der Waals surface area contributed by atoms with Gasteiger partial charge in [0.25, 0.3) is 5.91 Å². The maximum absolute atomic E-state index is 14.1. The summed E-state index contributed by atoms with van der Waals surface area (Å²) in [6.07, 6.45) is -10.0. The van der Waals surface area contributed by atoms with E-state index in [-0.39, 0.29) is 30.9 Å². The molecular weight excluding hydrogens is 587 g/mol. The number of carbonyl (C=O) groups is 1. The van der Waals surface area contributed by atoms with E-state index in [1.165, 1.54) is 30.2 Å². The molecule has 0 radical (unpaired) electrons. The van der Waals surface area contributed by atoms with Crippen LogP contribution in [0.3, 0.4) is 0 Å². The Kier molecular flexibility index (Phi) is 10.6. The van der Waals surface area contributed by atoms with E-state index < -0.39 is 46.8 Å². The number of hydrogen-bond acceptors (Lipinski definition) is 6. The van der Waals surface area contributed by atoms with Crippen molar-refractivity contribution in [3.63, 3.8) is 0 Å². The van der Waals surface area contributed by atoms with E-state index in [0.717, 1.165) is 6.54 Å². The van der Waals surface area contributed by atoms with E-state index in [9.17, 15) is 35.5 Å². The summed E-state index contributed by atoms with van der Waals surface area (Å²) in [5.41, 5.74) is -3.21. The summed E-state index contributed by atoms with van der Waals surface area (Å²) in [7, 11) is 2.90. The molecule has 2 aromatic rings. The minimum Gasteiger partial charge on any atom is -0.494 e. The molecule has 2 atom stereocenters. The highest BCUT2D eigenvalue weighted by molar-refractivity contribution is 5.95. The molecule has 0 aromatic heterocycles.